The standard InChI is InChI=1S/C19H19F3N6/c20-19(21,22)15-11-25-18(27-13-5-3-7-23-9-13)28-17(15)26-14-8-12-4-1-2-6-16(12)24-10-14/h1-2,4,6,8,10-11,13,23H,3,5,7,9H2,(H2,25,26,27,28)/t13-/m0/s1. The smallest absolute Gasteiger partial charge is 0.350 e. The summed E-state index contributed by atoms with van der Waals surface area (Å²) >= 11 is 0. The Morgan fingerprint density at radius 2 is 1.96 bits per heavy atom. The molecular weight excluding hydrogens is 369 g/mol. The van der Waals surface area contributed by atoms with Gasteiger partial charge < -0.3 is 16.0 Å². The van der Waals surface area contributed by atoms with Gasteiger partial charge in [-0.15, -0.1) is 0 Å². The molecule has 0 radical (unpaired) electrons. The van der Waals surface area contributed by atoms with Crippen LogP contribution >= 0.6 is 0 Å². The van der Waals surface area contributed by atoms with Crippen LogP contribution in [-0.4, -0.2) is 34.1 Å². The monoisotopic (exact) mass is 388 g/mol. The van der Waals surface area contributed by atoms with Crippen LogP contribution in [0.25, 0.3) is 10.9 Å². The van der Waals surface area contributed by atoms with Crippen molar-refractivity contribution in [3.05, 3.63) is 48.3 Å². The van der Waals surface area contributed by atoms with E-state index in [9.17, 15) is 13.2 Å². The number of nitrogens with zero attached hydrogens (tertiary/aromatic N) is 3. The molecule has 0 unspecified atom stereocenters. The van der Waals surface area contributed by atoms with E-state index in [0.29, 0.717) is 5.69 Å². The van der Waals surface area contributed by atoms with E-state index in [1.54, 1.807) is 6.07 Å². The van der Waals surface area contributed by atoms with Gasteiger partial charge in [-0.3, -0.25) is 4.98 Å². The van der Waals surface area contributed by atoms with Gasteiger partial charge in [0.2, 0.25) is 5.95 Å². The number of benzene rings is 1. The molecule has 3 N–H and O–H groups in total. The summed E-state index contributed by atoms with van der Waals surface area (Å²) in [4.78, 5) is 12.2. The predicted octanol–water partition coefficient (Wildman–Crippen LogP) is 3.95. The SMILES string of the molecule is FC(F)(F)c1cnc(N[C@H]2CCCNC2)nc1Nc1cnc2ccccc2c1. The third kappa shape index (κ3) is 4.14. The van der Waals surface area contributed by atoms with E-state index in [1.807, 2.05) is 24.3 Å². The summed E-state index contributed by atoms with van der Waals surface area (Å²) in [5.41, 5.74) is 0.264. The summed E-state index contributed by atoms with van der Waals surface area (Å²) in [7, 11) is 0. The maximum Gasteiger partial charge on any atom is 0.421 e. The zero-order chi connectivity index (χ0) is 19.6. The summed E-state index contributed by atoms with van der Waals surface area (Å²) in [5, 5.41) is 9.93. The summed E-state index contributed by atoms with van der Waals surface area (Å²) < 4.78 is 40.3. The number of alkyl halides is 3. The molecule has 0 amide bonds. The van der Waals surface area contributed by atoms with Crippen molar-refractivity contribution in [2.75, 3.05) is 23.7 Å². The third-order valence-corrected chi connectivity index (χ3v) is 4.58. The molecule has 0 saturated carbocycles. The Morgan fingerprint density at radius 3 is 2.75 bits per heavy atom. The van der Waals surface area contributed by atoms with E-state index in [0.717, 1.165) is 43.0 Å². The second-order valence-corrected chi connectivity index (χ2v) is 6.68. The van der Waals surface area contributed by atoms with Crippen LogP contribution in [0.2, 0.25) is 0 Å². The zero-order valence-corrected chi connectivity index (χ0v) is 14.9. The number of pyridine rings is 1. The van der Waals surface area contributed by atoms with E-state index in [2.05, 4.69) is 30.9 Å². The normalized spacial score (nSPS) is 17.5. The molecule has 28 heavy (non-hydrogen) atoms. The highest BCUT2D eigenvalue weighted by Gasteiger charge is 2.35. The highest BCUT2D eigenvalue weighted by atomic mass is 19.4. The number of nitrogens with one attached hydrogen (secondary N) is 3. The topological polar surface area (TPSA) is 74.8 Å². The molecule has 0 spiro atoms. The molecule has 6 nitrogen and oxygen atoms in total. The molecule has 3 heterocycles. The average molecular weight is 388 g/mol. The second kappa shape index (κ2) is 7.59. The van der Waals surface area contributed by atoms with Gasteiger partial charge in [-0.1, -0.05) is 18.2 Å². The fourth-order valence-corrected chi connectivity index (χ4v) is 3.19. The van der Waals surface area contributed by atoms with Crippen LogP contribution in [-0.2, 0) is 6.18 Å². The Kier molecular flexibility index (Phi) is 4.99. The zero-order valence-electron chi connectivity index (χ0n) is 14.9. The lowest BCUT2D eigenvalue weighted by molar-refractivity contribution is -0.137. The van der Waals surface area contributed by atoms with Gasteiger partial charge in [0, 0.05) is 24.2 Å². The van der Waals surface area contributed by atoms with Crippen molar-refractivity contribution in [1.29, 1.82) is 0 Å². The Labute approximate surface area is 159 Å². The molecule has 1 atom stereocenters. The molecular formula is C19H19F3N6. The number of aromatic nitrogens is 3. The Bertz CT molecular complexity index is 969. The quantitative estimate of drug-likeness (QED) is 0.628. The Morgan fingerprint density at radius 1 is 1.11 bits per heavy atom. The number of halogens is 3. The second-order valence-electron chi connectivity index (χ2n) is 6.68. The number of anilines is 3. The number of para-hydroxylation sites is 1. The number of hydrogen-bond donors (Lipinski definition) is 3. The van der Waals surface area contributed by atoms with Crippen molar-refractivity contribution < 1.29 is 13.2 Å². The first-order valence-corrected chi connectivity index (χ1v) is 9.02. The van der Waals surface area contributed by atoms with Gasteiger partial charge in [-0.25, -0.2) is 4.98 Å². The minimum absolute atomic E-state index is 0.0840. The first-order chi connectivity index (χ1) is 13.5. The summed E-state index contributed by atoms with van der Waals surface area (Å²) in [6, 6.07) is 9.21. The molecule has 1 saturated heterocycles. The van der Waals surface area contributed by atoms with Crippen molar-refractivity contribution in [1.82, 2.24) is 20.3 Å². The molecule has 1 fully saturated rings. The summed E-state index contributed by atoms with van der Waals surface area (Å²) in [6.45, 7) is 1.66. The van der Waals surface area contributed by atoms with Gasteiger partial charge in [-0.2, -0.15) is 18.2 Å². The van der Waals surface area contributed by atoms with Gasteiger partial charge in [0.1, 0.15) is 11.4 Å². The van der Waals surface area contributed by atoms with Crippen LogP contribution in [0.3, 0.4) is 0 Å². The number of fused-ring (bicyclic) bond motifs is 1. The lowest BCUT2D eigenvalue weighted by atomic mass is 10.1. The van der Waals surface area contributed by atoms with Crippen LogP contribution < -0.4 is 16.0 Å². The van der Waals surface area contributed by atoms with Crippen molar-refractivity contribution in [3.8, 4) is 0 Å². The van der Waals surface area contributed by atoms with Crippen molar-refractivity contribution in [2.45, 2.75) is 25.1 Å². The minimum Gasteiger partial charge on any atom is -0.350 e. The van der Waals surface area contributed by atoms with Gasteiger partial charge >= 0.3 is 6.18 Å². The fraction of sp³-hybridized carbons (Fsp3) is 0.316. The summed E-state index contributed by atoms with van der Waals surface area (Å²) in [6.07, 6.45) is -0.371. The molecule has 1 aliphatic heterocycles. The van der Waals surface area contributed by atoms with Crippen LogP contribution in [0.1, 0.15) is 18.4 Å². The van der Waals surface area contributed by atoms with Crippen LogP contribution in [0, 0.1) is 0 Å². The minimum atomic E-state index is -4.57. The predicted molar refractivity (Wildman–Crippen MR) is 102 cm³/mol. The van der Waals surface area contributed by atoms with Crippen molar-refractivity contribution in [2.24, 2.45) is 0 Å². The number of piperidine rings is 1. The van der Waals surface area contributed by atoms with E-state index in [4.69, 9.17) is 0 Å². The first-order valence-electron chi connectivity index (χ1n) is 9.02. The van der Waals surface area contributed by atoms with Gasteiger partial charge in [-0.05, 0) is 31.5 Å². The van der Waals surface area contributed by atoms with Crippen molar-refractivity contribution >= 4 is 28.4 Å². The molecule has 3 aromatic rings. The largest absolute Gasteiger partial charge is 0.421 e. The van der Waals surface area contributed by atoms with E-state index in [-0.39, 0.29) is 17.8 Å². The van der Waals surface area contributed by atoms with E-state index < -0.39 is 11.7 Å². The molecule has 9 heteroatoms. The third-order valence-electron chi connectivity index (χ3n) is 4.58. The molecule has 0 aliphatic carbocycles. The highest BCUT2D eigenvalue weighted by Crippen LogP contribution is 2.35. The Hall–Kier alpha value is -2.94. The molecule has 1 aliphatic rings. The molecule has 1 aromatic carbocycles. The van der Waals surface area contributed by atoms with Crippen LogP contribution in [0.15, 0.2) is 42.7 Å². The maximum atomic E-state index is 13.4. The molecule has 4 rings (SSSR count). The Balaban J connectivity index is 1.64. The lowest BCUT2D eigenvalue weighted by Crippen LogP contribution is -2.38. The number of rotatable bonds is 4. The first kappa shape index (κ1) is 18.4. The van der Waals surface area contributed by atoms with E-state index in [1.165, 1.54) is 6.20 Å². The number of hydrogen-bond acceptors (Lipinski definition) is 6. The maximum absolute atomic E-state index is 13.4. The van der Waals surface area contributed by atoms with Gasteiger partial charge in [0.15, 0.2) is 0 Å². The van der Waals surface area contributed by atoms with Crippen LogP contribution in [0.5, 0.6) is 0 Å². The summed E-state index contributed by atoms with van der Waals surface area (Å²) in [5.74, 6) is -0.135. The average Bonchev–Trinajstić information content (AvgIpc) is 2.68. The van der Waals surface area contributed by atoms with Gasteiger partial charge in [0.05, 0.1) is 17.4 Å². The van der Waals surface area contributed by atoms with E-state index >= 15 is 0 Å². The molecule has 0 bridgehead atoms. The van der Waals surface area contributed by atoms with Crippen molar-refractivity contribution in [3.63, 3.8) is 0 Å². The fourth-order valence-electron chi connectivity index (χ4n) is 3.19. The lowest BCUT2D eigenvalue weighted by Gasteiger charge is -2.24. The highest BCUT2D eigenvalue weighted by molar-refractivity contribution is 5.82. The van der Waals surface area contributed by atoms with Gasteiger partial charge in [0.25, 0.3) is 0 Å². The molecule has 146 valence electrons. The molecule has 2 aromatic heterocycles. The van der Waals surface area contributed by atoms with Crippen LogP contribution in [0.4, 0.5) is 30.6 Å².